The van der Waals surface area contributed by atoms with Crippen molar-refractivity contribution in [2.45, 2.75) is 18.4 Å². The number of hydrogen-bond acceptors (Lipinski definition) is 6. The SMILES string of the molecule is CN1C(=O)C(c2ccc(-n3cccn3)cc2)[C@@](C)(c2cc(-c3cccc(C#N)c3)cs2)N=C1N. The van der Waals surface area contributed by atoms with E-state index < -0.39 is 11.5 Å². The molecule has 2 aromatic carbocycles. The fourth-order valence-electron chi connectivity index (χ4n) is 4.35. The molecule has 0 radical (unpaired) electrons. The number of aromatic nitrogens is 2. The van der Waals surface area contributed by atoms with Crippen LogP contribution in [0, 0.1) is 11.3 Å². The monoisotopic (exact) mass is 466 g/mol. The summed E-state index contributed by atoms with van der Waals surface area (Å²) in [4.78, 5) is 20.7. The molecular weight excluding hydrogens is 444 g/mol. The van der Waals surface area contributed by atoms with E-state index in [1.165, 1.54) is 16.2 Å². The predicted molar refractivity (Wildman–Crippen MR) is 133 cm³/mol. The van der Waals surface area contributed by atoms with E-state index in [2.05, 4.69) is 11.2 Å². The average molecular weight is 467 g/mol. The van der Waals surface area contributed by atoms with Gasteiger partial charge in [-0.1, -0.05) is 24.3 Å². The maximum Gasteiger partial charge on any atom is 0.239 e. The van der Waals surface area contributed by atoms with Crippen LogP contribution in [0.15, 0.2) is 83.4 Å². The third kappa shape index (κ3) is 3.56. The van der Waals surface area contributed by atoms with Gasteiger partial charge in [-0.05, 0) is 65.4 Å². The third-order valence-electron chi connectivity index (χ3n) is 6.25. The summed E-state index contributed by atoms with van der Waals surface area (Å²) in [5.41, 5.74) is 9.59. The quantitative estimate of drug-likeness (QED) is 0.486. The second-order valence-electron chi connectivity index (χ2n) is 8.38. The number of carbonyl (C=O) groups excluding carboxylic acids is 1. The minimum Gasteiger partial charge on any atom is -0.369 e. The maximum atomic E-state index is 13.5. The molecule has 2 aromatic heterocycles. The Morgan fingerprint density at radius 1 is 1.12 bits per heavy atom. The second kappa shape index (κ2) is 8.28. The standard InChI is InChI=1S/C26H22N6OS/c1-26(22-14-20(16-34-22)19-6-3-5-17(13-19)15-27)23(24(33)31(2)25(28)30-26)18-7-9-21(10-8-18)32-12-4-11-29-32/h3-14,16,23H,1-2H3,(H2,28,30)/t23?,26-/m1/s1. The molecule has 3 heterocycles. The molecule has 0 saturated heterocycles. The van der Waals surface area contributed by atoms with Crippen LogP contribution in [0.3, 0.4) is 0 Å². The summed E-state index contributed by atoms with van der Waals surface area (Å²) in [6.07, 6.45) is 3.60. The molecule has 0 bridgehead atoms. The molecular formula is C26H22N6OS. The number of thiophene rings is 1. The van der Waals surface area contributed by atoms with E-state index in [0.717, 1.165) is 27.3 Å². The first-order valence-corrected chi connectivity index (χ1v) is 11.6. The Balaban J connectivity index is 1.58. The minimum absolute atomic E-state index is 0.108. The topological polar surface area (TPSA) is 100 Å². The van der Waals surface area contributed by atoms with Crippen LogP contribution in [-0.4, -0.2) is 33.6 Å². The van der Waals surface area contributed by atoms with Gasteiger partial charge in [0.15, 0.2) is 5.96 Å². The first-order valence-electron chi connectivity index (χ1n) is 10.7. The number of nitriles is 1. The van der Waals surface area contributed by atoms with Gasteiger partial charge in [0.05, 0.1) is 23.2 Å². The van der Waals surface area contributed by atoms with E-state index >= 15 is 0 Å². The fraction of sp³-hybridized carbons (Fsp3) is 0.154. The smallest absolute Gasteiger partial charge is 0.239 e. The first-order chi connectivity index (χ1) is 16.4. The lowest BCUT2D eigenvalue weighted by Gasteiger charge is -2.40. The lowest BCUT2D eigenvalue weighted by Crippen LogP contribution is -2.52. The fourth-order valence-corrected chi connectivity index (χ4v) is 5.41. The van der Waals surface area contributed by atoms with Gasteiger partial charge in [-0.25, -0.2) is 9.67 Å². The summed E-state index contributed by atoms with van der Waals surface area (Å²) in [7, 11) is 1.65. The Morgan fingerprint density at radius 3 is 2.62 bits per heavy atom. The number of benzene rings is 2. The molecule has 7 nitrogen and oxygen atoms in total. The highest BCUT2D eigenvalue weighted by Gasteiger charge is 2.48. The summed E-state index contributed by atoms with van der Waals surface area (Å²) in [5.74, 6) is -0.463. The first kappa shape index (κ1) is 21.6. The van der Waals surface area contributed by atoms with E-state index in [1.54, 1.807) is 24.0 Å². The van der Waals surface area contributed by atoms with Crippen LogP contribution < -0.4 is 5.73 Å². The van der Waals surface area contributed by atoms with Crippen molar-refractivity contribution >= 4 is 23.2 Å². The van der Waals surface area contributed by atoms with Crippen LogP contribution >= 0.6 is 11.3 Å². The van der Waals surface area contributed by atoms with Gasteiger partial charge < -0.3 is 5.73 Å². The van der Waals surface area contributed by atoms with Crippen LogP contribution in [0.25, 0.3) is 16.8 Å². The summed E-state index contributed by atoms with van der Waals surface area (Å²) in [6, 6.07) is 21.4. The number of aliphatic imine (C=N–C) groups is 1. The van der Waals surface area contributed by atoms with Crippen molar-refractivity contribution < 1.29 is 4.79 Å². The van der Waals surface area contributed by atoms with E-state index in [4.69, 9.17) is 10.7 Å². The molecule has 1 unspecified atom stereocenters. The highest BCUT2D eigenvalue weighted by atomic mass is 32.1. The molecule has 0 aliphatic carbocycles. The van der Waals surface area contributed by atoms with Gasteiger partial charge in [0.2, 0.25) is 5.91 Å². The minimum atomic E-state index is -0.878. The number of rotatable bonds is 4. The highest BCUT2D eigenvalue weighted by Crippen LogP contribution is 2.47. The van der Waals surface area contributed by atoms with E-state index in [9.17, 15) is 10.1 Å². The largest absolute Gasteiger partial charge is 0.369 e. The molecule has 0 saturated carbocycles. The van der Waals surface area contributed by atoms with Crippen molar-refractivity contribution in [1.82, 2.24) is 14.7 Å². The molecule has 168 valence electrons. The molecule has 1 aliphatic heterocycles. The predicted octanol–water partition coefficient (Wildman–Crippen LogP) is 4.26. The second-order valence-corrected chi connectivity index (χ2v) is 9.29. The van der Waals surface area contributed by atoms with Gasteiger partial charge in [-0.15, -0.1) is 11.3 Å². The molecule has 2 N–H and O–H groups in total. The number of carbonyl (C=O) groups is 1. The van der Waals surface area contributed by atoms with Gasteiger partial charge >= 0.3 is 0 Å². The van der Waals surface area contributed by atoms with Crippen LogP contribution in [-0.2, 0) is 10.3 Å². The van der Waals surface area contributed by atoms with Crippen LogP contribution in [0.4, 0.5) is 0 Å². The molecule has 1 aliphatic rings. The van der Waals surface area contributed by atoms with Crippen molar-refractivity contribution in [2.75, 3.05) is 7.05 Å². The third-order valence-corrected chi connectivity index (χ3v) is 7.41. The molecule has 1 amide bonds. The molecule has 0 spiro atoms. The molecule has 4 aromatic rings. The number of nitrogens with zero attached hydrogens (tertiary/aromatic N) is 5. The van der Waals surface area contributed by atoms with Crippen LogP contribution in [0.1, 0.15) is 28.8 Å². The Labute approximate surface area is 201 Å². The summed E-state index contributed by atoms with van der Waals surface area (Å²) in [5, 5.41) is 15.6. The Hall–Kier alpha value is -4.22. The van der Waals surface area contributed by atoms with Crippen molar-refractivity contribution in [3.05, 3.63) is 94.4 Å². The Kier molecular flexibility index (Phi) is 5.27. The number of likely N-dealkylation sites (N-methyl/N-ethyl adjacent to an activating group) is 1. The number of amides is 1. The van der Waals surface area contributed by atoms with Crippen molar-refractivity contribution in [2.24, 2.45) is 10.7 Å². The van der Waals surface area contributed by atoms with Gasteiger partial charge in [0.25, 0.3) is 0 Å². The molecule has 0 fully saturated rings. The molecule has 8 heteroatoms. The molecule has 2 atom stereocenters. The molecule has 5 rings (SSSR count). The summed E-state index contributed by atoms with van der Waals surface area (Å²) < 4.78 is 1.77. The van der Waals surface area contributed by atoms with Gasteiger partial charge in [0.1, 0.15) is 5.54 Å². The van der Waals surface area contributed by atoms with Crippen molar-refractivity contribution in [3.8, 4) is 22.9 Å². The summed E-state index contributed by atoms with van der Waals surface area (Å²) >= 11 is 1.54. The zero-order valence-corrected chi connectivity index (χ0v) is 19.5. The van der Waals surface area contributed by atoms with Crippen molar-refractivity contribution in [3.63, 3.8) is 0 Å². The van der Waals surface area contributed by atoms with E-state index in [1.807, 2.05) is 73.1 Å². The normalized spacial score (nSPS) is 20.1. The Morgan fingerprint density at radius 2 is 1.91 bits per heavy atom. The number of guanidine groups is 1. The van der Waals surface area contributed by atoms with E-state index in [0.29, 0.717) is 5.56 Å². The lowest BCUT2D eigenvalue weighted by atomic mass is 9.77. The summed E-state index contributed by atoms with van der Waals surface area (Å²) in [6.45, 7) is 1.96. The van der Waals surface area contributed by atoms with Crippen LogP contribution in [0.5, 0.6) is 0 Å². The zero-order chi connectivity index (χ0) is 23.9. The van der Waals surface area contributed by atoms with Gasteiger partial charge in [-0.2, -0.15) is 10.4 Å². The van der Waals surface area contributed by atoms with Crippen LogP contribution in [0.2, 0.25) is 0 Å². The van der Waals surface area contributed by atoms with Gasteiger partial charge in [-0.3, -0.25) is 9.69 Å². The number of hydrogen-bond donors (Lipinski definition) is 1. The lowest BCUT2D eigenvalue weighted by molar-refractivity contribution is -0.130. The molecule has 34 heavy (non-hydrogen) atoms. The van der Waals surface area contributed by atoms with E-state index in [-0.39, 0.29) is 11.9 Å². The van der Waals surface area contributed by atoms with Gasteiger partial charge in [0, 0.05) is 24.3 Å². The average Bonchev–Trinajstić information content (AvgIpc) is 3.56. The van der Waals surface area contributed by atoms with Crippen molar-refractivity contribution in [1.29, 1.82) is 5.26 Å². The highest BCUT2D eigenvalue weighted by molar-refractivity contribution is 7.10. The maximum absolute atomic E-state index is 13.5. The Bertz CT molecular complexity index is 1430. The zero-order valence-electron chi connectivity index (χ0n) is 18.7. The number of nitrogens with two attached hydrogens (primary N) is 1.